The Bertz CT molecular complexity index is 1100. The number of rotatable bonds is 6. The fraction of sp³-hybridized carbons (Fsp3) is 0.200. The van der Waals surface area contributed by atoms with Crippen molar-refractivity contribution in [3.8, 4) is 12.3 Å². The topological polar surface area (TPSA) is 85.6 Å². The van der Waals surface area contributed by atoms with E-state index in [2.05, 4.69) is 50.6 Å². The molecule has 1 unspecified atom stereocenters. The molecule has 0 saturated heterocycles. The number of nitrogens with zero attached hydrogens (tertiary/aromatic N) is 5. The van der Waals surface area contributed by atoms with Gasteiger partial charge < -0.3 is 5.32 Å². The first-order chi connectivity index (χ1) is 14.0. The van der Waals surface area contributed by atoms with E-state index in [4.69, 9.17) is 0 Å². The monoisotopic (exact) mass is 426 g/mol. The first-order valence-corrected chi connectivity index (χ1v) is 10.6. The molecule has 0 fully saturated rings. The van der Waals surface area contributed by atoms with Crippen LogP contribution in [0.15, 0.2) is 58.5 Å². The molecular weight excluding hydrogens is 404 g/mol. The van der Waals surface area contributed by atoms with Gasteiger partial charge in [0.2, 0.25) is 5.95 Å². The fourth-order valence-corrected chi connectivity index (χ4v) is 3.05. The highest BCUT2D eigenvalue weighted by Gasteiger charge is 2.08. The zero-order valence-corrected chi connectivity index (χ0v) is 18.1. The lowest BCUT2D eigenvalue weighted by Gasteiger charge is -2.06. The largest absolute Gasteiger partial charge is 0.324 e. The van der Waals surface area contributed by atoms with Crippen LogP contribution >= 0.6 is 12.6 Å². The molecule has 3 rings (SSSR count). The molecule has 1 aromatic carbocycles. The predicted molar refractivity (Wildman–Crippen MR) is 122 cm³/mol. The molecule has 0 aliphatic carbocycles. The van der Waals surface area contributed by atoms with Gasteiger partial charge in [-0.1, -0.05) is 23.4 Å². The van der Waals surface area contributed by atoms with Crippen molar-refractivity contribution in [3.63, 3.8) is 0 Å². The molecule has 0 saturated carbocycles. The Kier molecular flexibility index (Phi) is 8.58. The SMILES string of the molecule is C#CC.C/C=C\C(S)=C/Cn1nnc2cnc(Nc3cccc(S(C)=O)c3)nc21. The molecule has 150 valence electrons. The number of nitrogens with one attached hydrogen (secondary N) is 1. The molecule has 3 aromatic rings. The number of aromatic nitrogens is 5. The third-order valence-corrected chi connectivity index (χ3v) is 4.74. The number of fused-ring (bicyclic) bond motifs is 1. The maximum absolute atomic E-state index is 11.6. The molecule has 29 heavy (non-hydrogen) atoms. The van der Waals surface area contributed by atoms with Gasteiger partial charge in [0.25, 0.3) is 0 Å². The highest BCUT2D eigenvalue weighted by atomic mass is 32.2. The molecule has 0 aliphatic heterocycles. The molecule has 1 atom stereocenters. The predicted octanol–water partition coefficient (Wildman–Crippen LogP) is 3.73. The molecule has 7 nitrogen and oxygen atoms in total. The Hall–Kier alpha value is -2.96. The number of hydrogen-bond donors (Lipinski definition) is 2. The molecule has 0 spiro atoms. The normalized spacial score (nSPS) is 12.3. The highest BCUT2D eigenvalue weighted by Crippen LogP contribution is 2.18. The van der Waals surface area contributed by atoms with Crippen molar-refractivity contribution in [2.75, 3.05) is 11.6 Å². The van der Waals surface area contributed by atoms with E-state index in [0.717, 1.165) is 15.5 Å². The van der Waals surface area contributed by atoms with Gasteiger partial charge in [-0.25, -0.2) is 9.67 Å². The van der Waals surface area contributed by atoms with E-state index in [0.29, 0.717) is 23.7 Å². The van der Waals surface area contributed by atoms with Crippen molar-refractivity contribution in [1.29, 1.82) is 0 Å². The molecule has 2 aromatic heterocycles. The van der Waals surface area contributed by atoms with Crippen LogP contribution in [-0.4, -0.2) is 35.4 Å². The molecule has 2 heterocycles. The molecule has 0 amide bonds. The zero-order chi connectivity index (χ0) is 21.2. The molecule has 1 N–H and O–H groups in total. The van der Waals surface area contributed by atoms with Crippen LogP contribution < -0.4 is 5.32 Å². The van der Waals surface area contributed by atoms with E-state index in [-0.39, 0.29) is 0 Å². The quantitative estimate of drug-likeness (QED) is 0.355. The number of hydrogen-bond acceptors (Lipinski definition) is 7. The smallest absolute Gasteiger partial charge is 0.229 e. The fourth-order valence-electron chi connectivity index (χ4n) is 2.26. The Morgan fingerprint density at radius 3 is 2.90 bits per heavy atom. The number of terminal acetylenes is 1. The molecule has 9 heteroatoms. The first-order valence-electron chi connectivity index (χ1n) is 8.64. The van der Waals surface area contributed by atoms with Crippen LogP contribution in [0.3, 0.4) is 0 Å². The lowest BCUT2D eigenvalue weighted by Crippen LogP contribution is -2.02. The van der Waals surface area contributed by atoms with Crippen molar-refractivity contribution in [1.82, 2.24) is 25.0 Å². The third kappa shape index (κ3) is 6.55. The van der Waals surface area contributed by atoms with Gasteiger partial charge in [0, 0.05) is 32.5 Å². The first kappa shape index (κ1) is 22.3. The summed E-state index contributed by atoms with van der Waals surface area (Å²) in [5, 5.41) is 11.3. The Morgan fingerprint density at radius 2 is 2.21 bits per heavy atom. The summed E-state index contributed by atoms with van der Waals surface area (Å²) in [6.45, 7) is 4.09. The van der Waals surface area contributed by atoms with E-state index < -0.39 is 10.8 Å². The van der Waals surface area contributed by atoms with Crippen molar-refractivity contribution >= 4 is 46.2 Å². The zero-order valence-electron chi connectivity index (χ0n) is 16.4. The van der Waals surface area contributed by atoms with Gasteiger partial charge in [-0.05, 0) is 38.1 Å². The number of allylic oxidation sites excluding steroid dienone is 3. The summed E-state index contributed by atoms with van der Waals surface area (Å²) in [4.78, 5) is 10.3. The molecule has 0 bridgehead atoms. The van der Waals surface area contributed by atoms with E-state index in [1.165, 1.54) is 0 Å². The minimum absolute atomic E-state index is 0.420. The minimum Gasteiger partial charge on any atom is -0.324 e. The van der Waals surface area contributed by atoms with E-state index >= 15 is 0 Å². The van der Waals surface area contributed by atoms with Gasteiger partial charge in [-0.2, -0.15) is 4.98 Å². The van der Waals surface area contributed by atoms with Crippen LogP contribution in [0.1, 0.15) is 13.8 Å². The minimum atomic E-state index is -1.05. The standard InChI is InChI=1S/C17H18N6OS2.C3H4/c1-3-5-13(25)8-9-23-16-15(21-22-23)11-18-17(20-16)19-12-6-4-7-14(10-12)26(2)24;1-3-2/h3-8,10-11,25H,9H2,1-2H3,(H,18,19,20);1H,2H3/b5-3-,13-8+;. The Labute approximate surface area is 178 Å². The van der Waals surface area contributed by atoms with Crippen LogP contribution in [0.5, 0.6) is 0 Å². The number of anilines is 2. The molecule has 0 aliphatic rings. The Morgan fingerprint density at radius 1 is 1.45 bits per heavy atom. The Balaban J connectivity index is 0.000000941. The van der Waals surface area contributed by atoms with Crippen molar-refractivity contribution in [3.05, 3.63) is 53.6 Å². The number of thiol groups is 1. The lowest BCUT2D eigenvalue weighted by molar-refractivity contribution is 0.676. The molecule has 0 radical (unpaired) electrons. The third-order valence-electron chi connectivity index (χ3n) is 3.49. The summed E-state index contributed by atoms with van der Waals surface area (Å²) < 4.78 is 13.3. The van der Waals surface area contributed by atoms with Crippen LogP contribution in [0.25, 0.3) is 11.2 Å². The van der Waals surface area contributed by atoms with Gasteiger partial charge in [-0.15, -0.1) is 30.1 Å². The highest BCUT2D eigenvalue weighted by molar-refractivity contribution is 7.84. The van der Waals surface area contributed by atoms with E-state index in [1.807, 2.05) is 49.4 Å². The average molecular weight is 427 g/mol. The van der Waals surface area contributed by atoms with E-state index in [1.54, 1.807) is 24.1 Å². The summed E-state index contributed by atoms with van der Waals surface area (Å²) in [7, 11) is -1.05. The lowest BCUT2D eigenvalue weighted by atomic mass is 10.3. The van der Waals surface area contributed by atoms with Gasteiger partial charge in [0.1, 0.15) is 0 Å². The second-order valence-corrected chi connectivity index (χ2v) is 7.59. The number of benzene rings is 1. The van der Waals surface area contributed by atoms with E-state index in [9.17, 15) is 4.21 Å². The summed E-state index contributed by atoms with van der Waals surface area (Å²) in [5.41, 5.74) is 2.00. The summed E-state index contributed by atoms with van der Waals surface area (Å²) in [5.74, 6) is 2.67. The van der Waals surface area contributed by atoms with Crippen LogP contribution in [0, 0.1) is 12.3 Å². The van der Waals surface area contributed by atoms with Crippen LogP contribution in [0.2, 0.25) is 0 Å². The van der Waals surface area contributed by atoms with Gasteiger partial charge in [0.15, 0.2) is 11.2 Å². The van der Waals surface area contributed by atoms with Crippen molar-refractivity contribution < 1.29 is 4.21 Å². The van der Waals surface area contributed by atoms with Gasteiger partial charge in [-0.3, -0.25) is 4.21 Å². The summed E-state index contributed by atoms with van der Waals surface area (Å²) >= 11 is 4.37. The maximum atomic E-state index is 11.6. The molecular formula is C20H22N6OS2. The van der Waals surface area contributed by atoms with Crippen molar-refractivity contribution in [2.24, 2.45) is 0 Å². The maximum Gasteiger partial charge on any atom is 0.229 e. The van der Waals surface area contributed by atoms with Crippen LogP contribution in [0.4, 0.5) is 11.6 Å². The average Bonchev–Trinajstić information content (AvgIpc) is 3.10. The van der Waals surface area contributed by atoms with Crippen molar-refractivity contribution in [2.45, 2.75) is 25.3 Å². The van der Waals surface area contributed by atoms with Crippen LogP contribution in [-0.2, 0) is 17.3 Å². The van der Waals surface area contributed by atoms with Gasteiger partial charge in [0.05, 0.1) is 12.7 Å². The van der Waals surface area contributed by atoms with Gasteiger partial charge >= 0.3 is 0 Å². The summed E-state index contributed by atoms with van der Waals surface area (Å²) in [6.07, 6.45) is 13.6. The second-order valence-electron chi connectivity index (χ2n) is 5.70. The second kappa shape index (κ2) is 11.1. The summed E-state index contributed by atoms with van der Waals surface area (Å²) in [6, 6.07) is 7.33.